The van der Waals surface area contributed by atoms with Gasteiger partial charge in [-0.05, 0) is 0 Å². The molecule has 2 saturated heterocycles. The molecular weight excluding hydrogens is 268 g/mol. The van der Waals surface area contributed by atoms with Gasteiger partial charge >= 0.3 is 5.97 Å². The Balaban J connectivity index is 1.90. The summed E-state index contributed by atoms with van der Waals surface area (Å²) in [6.45, 7) is -0.433. The number of aliphatic hydroxyl groups is 3. The van der Waals surface area contributed by atoms with E-state index in [1.165, 1.54) is 0 Å². The van der Waals surface area contributed by atoms with Gasteiger partial charge in [-0.2, -0.15) is 0 Å². The number of ether oxygens (including phenoxy) is 3. The summed E-state index contributed by atoms with van der Waals surface area (Å²) >= 11 is 0. The van der Waals surface area contributed by atoms with Crippen LogP contribution >= 0.6 is 0 Å². The largest absolute Gasteiger partial charge is 0.452 e. The van der Waals surface area contributed by atoms with Crippen LogP contribution in [0.25, 0.3) is 0 Å². The van der Waals surface area contributed by atoms with Crippen molar-refractivity contribution in [2.24, 2.45) is 0 Å². The molecule has 2 fully saturated rings. The van der Waals surface area contributed by atoms with Gasteiger partial charge in [0.1, 0.15) is 6.10 Å². The van der Waals surface area contributed by atoms with Gasteiger partial charge in [0, 0.05) is 5.56 Å². The van der Waals surface area contributed by atoms with Crippen molar-refractivity contribution in [3.63, 3.8) is 0 Å². The summed E-state index contributed by atoms with van der Waals surface area (Å²) in [7, 11) is 0. The second-order valence-corrected chi connectivity index (χ2v) is 4.75. The molecule has 1 aromatic rings. The van der Waals surface area contributed by atoms with Crippen molar-refractivity contribution in [2.75, 3.05) is 6.61 Å². The topological polar surface area (TPSA) is 105 Å². The lowest BCUT2D eigenvalue weighted by Crippen LogP contribution is -2.55. The number of aliphatic hydroxyl groups excluding tert-OH is 1. The standard InChI is InChI=1S/C13H14O7/c14-6-8-9-10(13(16,17)12(15)19-9)20-11(18-8)7-4-2-1-3-5-7/h1-5,8-11,14,16-17H,6H2/t8-,9+,10-,11-/m0/s1. The molecule has 0 bridgehead atoms. The summed E-state index contributed by atoms with van der Waals surface area (Å²) < 4.78 is 15.8. The molecule has 0 spiro atoms. The van der Waals surface area contributed by atoms with Gasteiger partial charge in [0.05, 0.1) is 6.61 Å². The maximum Gasteiger partial charge on any atom is 0.370 e. The molecule has 7 nitrogen and oxygen atoms in total. The number of fused-ring (bicyclic) bond motifs is 1. The zero-order chi connectivity index (χ0) is 14.3. The summed E-state index contributed by atoms with van der Waals surface area (Å²) in [5.74, 6) is -3.95. The molecule has 3 rings (SSSR count). The highest BCUT2D eigenvalue weighted by Crippen LogP contribution is 2.39. The second-order valence-electron chi connectivity index (χ2n) is 4.75. The molecule has 0 amide bonds. The average molecular weight is 282 g/mol. The SMILES string of the molecule is O=C1O[C@@H]2[C@H](CO)O[C@H](c3ccccc3)O[C@@H]2C1(O)O. The van der Waals surface area contributed by atoms with Crippen molar-refractivity contribution in [3.8, 4) is 0 Å². The Bertz CT molecular complexity index is 501. The number of carbonyl (C=O) groups excluding carboxylic acids is 1. The van der Waals surface area contributed by atoms with Crippen molar-refractivity contribution in [1.82, 2.24) is 0 Å². The number of rotatable bonds is 2. The average Bonchev–Trinajstić information content (AvgIpc) is 2.70. The Kier molecular flexibility index (Phi) is 3.23. The Hall–Kier alpha value is -1.51. The van der Waals surface area contributed by atoms with E-state index in [1.54, 1.807) is 24.3 Å². The van der Waals surface area contributed by atoms with Crippen molar-refractivity contribution < 1.29 is 34.3 Å². The van der Waals surface area contributed by atoms with Crippen LogP contribution in [0.4, 0.5) is 0 Å². The Morgan fingerprint density at radius 1 is 1.15 bits per heavy atom. The first-order chi connectivity index (χ1) is 9.54. The fourth-order valence-corrected chi connectivity index (χ4v) is 2.38. The van der Waals surface area contributed by atoms with Gasteiger partial charge in [-0.1, -0.05) is 30.3 Å². The highest BCUT2D eigenvalue weighted by Gasteiger charge is 2.62. The van der Waals surface area contributed by atoms with Crippen LogP contribution in [0.2, 0.25) is 0 Å². The minimum atomic E-state index is -2.74. The lowest BCUT2D eigenvalue weighted by molar-refractivity contribution is -0.320. The minimum Gasteiger partial charge on any atom is -0.452 e. The summed E-state index contributed by atoms with van der Waals surface area (Å²) in [5.41, 5.74) is 0.638. The third-order valence-electron chi connectivity index (χ3n) is 3.43. The van der Waals surface area contributed by atoms with Crippen LogP contribution in [-0.2, 0) is 19.0 Å². The maximum atomic E-state index is 11.4. The molecule has 0 aliphatic carbocycles. The molecule has 2 aliphatic rings. The third kappa shape index (κ3) is 2.00. The normalized spacial score (nSPS) is 35.5. The number of esters is 1. The summed E-state index contributed by atoms with van der Waals surface area (Å²) in [5, 5.41) is 28.8. The lowest BCUT2D eigenvalue weighted by Gasteiger charge is -2.38. The molecule has 0 unspecified atom stereocenters. The predicted octanol–water partition coefficient (Wildman–Crippen LogP) is -0.932. The quantitative estimate of drug-likeness (QED) is 0.475. The molecule has 3 N–H and O–H groups in total. The maximum absolute atomic E-state index is 11.4. The van der Waals surface area contributed by atoms with Crippen molar-refractivity contribution in [1.29, 1.82) is 0 Å². The molecule has 7 heteroatoms. The van der Waals surface area contributed by atoms with E-state index in [9.17, 15) is 20.1 Å². The fourth-order valence-electron chi connectivity index (χ4n) is 2.38. The Morgan fingerprint density at radius 3 is 2.50 bits per heavy atom. The van der Waals surface area contributed by atoms with Crippen LogP contribution in [0, 0.1) is 0 Å². The number of benzene rings is 1. The van der Waals surface area contributed by atoms with E-state index >= 15 is 0 Å². The van der Waals surface area contributed by atoms with E-state index in [0.29, 0.717) is 5.56 Å². The van der Waals surface area contributed by atoms with Gasteiger partial charge in [0.15, 0.2) is 18.5 Å². The Morgan fingerprint density at radius 2 is 1.85 bits per heavy atom. The zero-order valence-corrected chi connectivity index (χ0v) is 10.4. The molecular formula is C13H14O7. The number of hydrogen-bond donors (Lipinski definition) is 3. The molecule has 0 aromatic heterocycles. The highest BCUT2D eigenvalue weighted by atomic mass is 16.8. The molecule has 0 radical (unpaired) electrons. The van der Waals surface area contributed by atoms with Crippen LogP contribution < -0.4 is 0 Å². The molecule has 0 saturated carbocycles. The molecule has 108 valence electrons. The van der Waals surface area contributed by atoms with Gasteiger partial charge in [0.25, 0.3) is 5.79 Å². The molecule has 2 aliphatic heterocycles. The van der Waals surface area contributed by atoms with E-state index in [0.717, 1.165) is 0 Å². The van der Waals surface area contributed by atoms with Crippen LogP contribution in [0.15, 0.2) is 30.3 Å². The number of hydrogen-bond acceptors (Lipinski definition) is 7. The van der Waals surface area contributed by atoms with Crippen LogP contribution in [0.5, 0.6) is 0 Å². The van der Waals surface area contributed by atoms with Gasteiger partial charge in [0.2, 0.25) is 0 Å². The van der Waals surface area contributed by atoms with Crippen LogP contribution in [0.3, 0.4) is 0 Å². The monoisotopic (exact) mass is 282 g/mol. The molecule has 1 aromatic carbocycles. The smallest absolute Gasteiger partial charge is 0.370 e. The van der Waals surface area contributed by atoms with Gasteiger partial charge in [-0.25, -0.2) is 4.79 Å². The van der Waals surface area contributed by atoms with Crippen molar-refractivity contribution >= 4 is 5.97 Å². The van der Waals surface area contributed by atoms with Crippen LogP contribution in [-0.4, -0.2) is 52.0 Å². The molecule has 4 atom stereocenters. The second kappa shape index (κ2) is 4.80. The third-order valence-corrected chi connectivity index (χ3v) is 3.43. The first-order valence-electron chi connectivity index (χ1n) is 6.16. The summed E-state index contributed by atoms with van der Waals surface area (Å²) in [6, 6.07) is 8.80. The van der Waals surface area contributed by atoms with E-state index in [2.05, 4.69) is 0 Å². The first-order valence-corrected chi connectivity index (χ1v) is 6.16. The molecule has 20 heavy (non-hydrogen) atoms. The zero-order valence-electron chi connectivity index (χ0n) is 10.4. The van der Waals surface area contributed by atoms with E-state index < -0.39 is 43.0 Å². The van der Waals surface area contributed by atoms with Crippen LogP contribution in [0.1, 0.15) is 11.9 Å². The summed E-state index contributed by atoms with van der Waals surface area (Å²) in [6.07, 6.45) is -4.17. The van der Waals surface area contributed by atoms with Crippen molar-refractivity contribution in [3.05, 3.63) is 35.9 Å². The van der Waals surface area contributed by atoms with E-state index in [4.69, 9.17) is 14.2 Å². The fraction of sp³-hybridized carbons (Fsp3) is 0.462. The van der Waals surface area contributed by atoms with Crippen molar-refractivity contribution in [2.45, 2.75) is 30.4 Å². The first kappa shape index (κ1) is 13.5. The summed E-state index contributed by atoms with van der Waals surface area (Å²) in [4.78, 5) is 11.4. The van der Waals surface area contributed by atoms with E-state index in [-0.39, 0.29) is 0 Å². The van der Waals surface area contributed by atoms with Gasteiger partial charge < -0.3 is 29.5 Å². The van der Waals surface area contributed by atoms with Gasteiger partial charge in [-0.15, -0.1) is 0 Å². The number of carbonyl (C=O) groups is 1. The highest BCUT2D eigenvalue weighted by molar-refractivity contribution is 5.80. The Labute approximate surface area is 114 Å². The molecule has 2 heterocycles. The lowest BCUT2D eigenvalue weighted by atomic mass is 10.0. The van der Waals surface area contributed by atoms with E-state index in [1.807, 2.05) is 6.07 Å². The van der Waals surface area contributed by atoms with Gasteiger partial charge in [-0.3, -0.25) is 0 Å². The predicted molar refractivity (Wildman–Crippen MR) is 63.1 cm³/mol. The minimum absolute atomic E-state index is 0.433.